The Labute approximate surface area is 250 Å². The molecule has 0 atom stereocenters. The highest BCUT2D eigenvalue weighted by molar-refractivity contribution is 5.85. The molecule has 0 spiro atoms. The van der Waals surface area contributed by atoms with Gasteiger partial charge in [-0.2, -0.15) is 0 Å². The molecule has 0 unspecified atom stereocenters. The van der Waals surface area contributed by atoms with Crippen molar-refractivity contribution in [3.63, 3.8) is 0 Å². The Morgan fingerprint density at radius 1 is 0.610 bits per heavy atom. The molecule has 3 heterocycles. The Balaban J connectivity index is 2.01. The normalized spacial score (nSPS) is 23.7. The third kappa shape index (κ3) is 3.04. The van der Waals surface area contributed by atoms with Gasteiger partial charge in [0.15, 0.2) is 5.54 Å². The molecule has 0 aliphatic carbocycles. The van der Waals surface area contributed by atoms with Crippen LogP contribution in [0.15, 0.2) is 0 Å². The van der Waals surface area contributed by atoms with Crippen LogP contribution < -0.4 is 24.8 Å². The minimum Gasteiger partial charge on any atom is -0.455 e. The summed E-state index contributed by atoms with van der Waals surface area (Å²) in [5, 5.41) is 2.65. The number of ether oxygens (including phenoxy) is 1. The Morgan fingerprint density at radius 3 is 1.66 bits per heavy atom. The summed E-state index contributed by atoms with van der Waals surface area (Å²) < 4.78 is 9.74. The van der Waals surface area contributed by atoms with Crippen molar-refractivity contribution in [1.82, 2.24) is 4.58 Å². The average molecular weight is 558 g/mol. The number of nitrogens with zero attached hydrogens (tertiary/aromatic N) is 2. The quantitative estimate of drug-likeness (QED) is 0.305. The molecular weight excluding hydrogens is 500 g/mol. The molecule has 3 heteroatoms. The molecule has 224 valence electrons. The maximum absolute atomic E-state index is 7.20. The number of anilines is 1. The van der Waals surface area contributed by atoms with E-state index in [0.29, 0.717) is 0 Å². The third-order valence-electron chi connectivity index (χ3n) is 14.6. The highest BCUT2D eigenvalue weighted by atomic mass is 16.5. The van der Waals surface area contributed by atoms with Gasteiger partial charge in [0.05, 0.1) is 5.56 Å². The smallest absolute Gasteiger partial charge is 0.210 e. The van der Waals surface area contributed by atoms with Gasteiger partial charge >= 0.3 is 0 Å². The summed E-state index contributed by atoms with van der Waals surface area (Å²) in [4.78, 5) is 2.54. The van der Waals surface area contributed by atoms with Gasteiger partial charge in [0, 0.05) is 64.9 Å². The summed E-state index contributed by atoms with van der Waals surface area (Å²) in [7, 11) is 4.57. The van der Waals surface area contributed by atoms with Crippen LogP contribution in [0.4, 0.5) is 5.69 Å². The second-order valence-corrected chi connectivity index (χ2v) is 16.8. The number of rotatable bonds is 0. The first-order valence-corrected chi connectivity index (χ1v) is 15.7. The van der Waals surface area contributed by atoms with E-state index < -0.39 is 0 Å². The van der Waals surface area contributed by atoms with Crippen LogP contribution in [0.1, 0.15) is 129 Å². The van der Waals surface area contributed by atoms with Gasteiger partial charge in [0.2, 0.25) is 5.36 Å². The number of hydrogen-bond acceptors (Lipinski definition) is 2. The van der Waals surface area contributed by atoms with Crippen LogP contribution in [0, 0.1) is 38.5 Å². The van der Waals surface area contributed by atoms with Crippen molar-refractivity contribution >= 4 is 11.3 Å². The summed E-state index contributed by atoms with van der Waals surface area (Å²) in [5.41, 5.74) is 12.2. The van der Waals surface area contributed by atoms with Gasteiger partial charge in [0.25, 0.3) is 0 Å². The molecule has 0 bridgehead atoms. The number of hydrogen-bond donors (Lipinski definition) is 0. The minimum atomic E-state index is -0.0292. The summed E-state index contributed by atoms with van der Waals surface area (Å²) in [6.45, 7) is 40.9. The third-order valence-corrected chi connectivity index (χ3v) is 14.6. The van der Waals surface area contributed by atoms with Crippen LogP contribution in [0.3, 0.4) is 0 Å². The lowest BCUT2D eigenvalue weighted by Crippen LogP contribution is -2.67. The lowest BCUT2D eigenvalue weighted by molar-refractivity contribution is 0.0393. The molecule has 0 N–H and O–H groups in total. The molecule has 5 rings (SSSR count). The summed E-state index contributed by atoms with van der Waals surface area (Å²) in [6.07, 6.45) is 0. The first kappa shape index (κ1) is 30.2. The lowest BCUT2D eigenvalue weighted by Gasteiger charge is -2.62. The molecule has 0 saturated carbocycles. The molecule has 0 aromatic heterocycles. The SMILES string of the molecule is CC1=c2c(C)c3c(c(C)c2Oc2c(C)c4c(c(C)c21)C(C)(C)C(C)(C)C(C)(C)N4C)=[N+](C)C(C)(C)C(C)(C)C3(C)C. The van der Waals surface area contributed by atoms with Gasteiger partial charge in [-0.25, -0.2) is 4.58 Å². The van der Waals surface area contributed by atoms with E-state index in [2.05, 4.69) is 141 Å². The van der Waals surface area contributed by atoms with Gasteiger partial charge < -0.3 is 9.64 Å². The Morgan fingerprint density at radius 2 is 1.12 bits per heavy atom. The van der Waals surface area contributed by atoms with E-state index in [1.807, 2.05) is 0 Å². The number of fused-ring (bicyclic) bond motifs is 4. The van der Waals surface area contributed by atoms with Crippen molar-refractivity contribution in [1.29, 1.82) is 0 Å². The van der Waals surface area contributed by atoms with Crippen molar-refractivity contribution in [2.75, 3.05) is 19.0 Å². The molecule has 3 aliphatic rings. The van der Waals surface area contributed by atoms with Crippen molar-refractivity contribution in [2.45, 2.75) is 140 Å². The Bertz CT molecular complexity index is 1670. The molecular formula is C38H57N2O+. The standard InChI is InChI=1S/C38H57N2O/c1-20-25-21(2)27-29(39(18)37(14,15)35(10,11)33(27,6)7)23(4)31(25)41-32-24(5)30-28(22(3)26(20)32)34(8,9)36(12,13)38(16,17)40(30)19/h1-19H3/q+1. The predicted octanol–water partition coefficient (Wildman–Crippen LogP) is 7.99. The van der Waals surface area contributed by atoms with Gasteiger partial charge in [0.1, 0.15) is 18.5 Å². The van der Waals surface area contributed by atoms with Crippen molar-refractivity contribution < 1.29 is 4.74 Å². The van der Waals surface area contributed by atoms with Crippen molar-refractivity contribution in [3.05, 3.63) is 49.5 Å². The molecule has 2 aromatic rings. The molecule has 3 nitrogen and oxygen atoms in total. The zero-order valence-corrected chi connectivity index (χ0v) is 29.8. The minimum absolute atomic E-state index is 0.0239. The van der Waals surface area contributed by atoms with E-state index in [-0.39, 0.29) is 32.7 Å². The molecule has 0 fully saturated rings. The van der Waals surface area contributed by atoms with Crippen LogP contribution in [0.2, 0.25) is 0 Å². The van der Waals surface area contributed by atoms with Crippen LogP contribution in [0.25, 0.3) is 5.57 Å². The molecule has 0 saturated heterocycles. The maximum Gasteiger partial charge on any atom is 0.210 e. The predicted molar refractivity (Wildman–Crippen MR) is 177 cm³/mol. The highest BCUT2D eigenvalue weighted by Gasteiger charge is 2.60. The fourth-order valence-electron chi connectivity index (χ4n) is 9.22. The van der Waals surface area contributed by atoms with E-state index >= 15 is 0 Å². The highest BCUT2D eigenvalue weighted by Crippen LogP contribution is 2.61. The summed E-state index contributed by atoms with van der Waals surface area (Å²) >= 11 is 0. The fraction of sp³-hybridized carbons (Fsp3) is 0.658. The summed E-state index contributed by atoms with van der Waals surface area (Å²) in [6, 6.07) is 0. The molecule has 0 radical (unpaired) electrons. The van der Waals surface area contributed by atoms with Gasteiger partial charge in [-0.3, -0.25) is 0 Å². The van der Waals surface area contributed by atoms with Crippen LogP contribution in [0.5, 0.6) is 11.5 Å². The summed E-state index contributed by atoms with van der Waals surface area (Å²) in [5.74, 6) is 2.09. The Hall–Kier alpha value is -2.29. The second kappa shape index (κ2) is 8.00. The zero-order valence-electron chi connectivity index (χ0n) is 29.8. The van der Waals surface area contributed by atoms with Gasteiger partial charge in [-0.15, -0.1) is 0 Å². The van der Waals surface area contributed by atoms with E-state index in [1.165, 1.54) is 60.8 Å². The maximum atomic E-state index is 7.20. The number of benzene rings is 2. The topological polar surface area (TPSA) is 15.5 Å². The van der Waals surface area contributed by atoms with Crippen molar-refractivity contribution in [2.24, 2.45) is 10.8 Å². The molecule has 0 amide bonds. The fourth-order valence-corrected chi connectivity index (χ4v) is 9.22. The van der Waals surface area contributed by atoms with Gasteiger partial charge in [-0.05, 0) is 81.6 Å². The van der Waals surface area contributed by atoms with E-state index in [1.54, 1.807) is 0 Å². The zero-order chi connectivity index (χ0) is 31.4. The van der Waals surface area contributed by atoms with Crippen molar-refractivity contribution in [3.8, 4) is 11.5 Å². The van der Waals surface area contributed by atoms with Crippen LogP contribution in [-0.4, -0.2) is 25.2 Å². The van der Waals surface area contributed by atoms with Crippen LogP contribution in [-0.2, 0) is 10.8 Å². The first-order chi connectivity index (χ1) is 18.3. The molecule has 41 heavy (non-hydrogen) atoms. The largest absolute Gasteiger partial charge is 0.455 e. The van der Waals surface area contributed by atoms with Crippen LogP contribution >= 0.6 is 0 Å². The van der Waals surface area contributed by atoms with E-state index in [9.17, 15) is 0 Å². The second-order valence-electron chi connectivity index (χ2n) is 16.8. The lowest BCUT2D eigenvalue weighted by atomic mass is 9.52. The van der Waals surface area contributed by atoms with E-state index in [4.69, 9.17) is 4.74 Å². The first-order valence-electron chi connectivity index (χ1n) is 15.7. The monoisotopic (exact) mass is 557 g/mol. The van der Waals surface area contributed by atoms with Gasteiger partial charge in [-0.1, -0.05) is 55.4 Å². The van der Waals surface area contributed by atoms with E-state index in [0.717, 1.165) is 11.5 Å². The Kier molecular flexibility index (Phi) is 5.89. The molecule has 2 aromatic carbocycles. The average Bonchev–Trinajstić information content (AvgIpc) is 2.84. The molecule has 3 aliphatic heterocycles.